The molecule has 0 saturated heterocycles. The molecular formula is C20H23BrN4OS. The SMILES string of the molecule is CCCCc1nc(C)c(C(=O)Nc2c(-c3ccc(Br)cc3)c(C)nn2C)s1. The number of thiazole rings is 1. The number of benzene rings is 1. The van der Waals surface area contributed by atoms with E-state index in [9.17, 15) is 4.79 Å². The molecule has 3 aromatic rings. The number of carbonyl (C=O) groups is 1. The van der Waals surface area contributed by atoms with Crippen molar-refractivity contribution in [3.63, 3.8) is 0 Å². The zero-order valence-electron chi connectivity index (χ0n) is 16.0. The zero-order chi connectivity index (χ0) is 19.6. The largest absolute Gasteiger partial charge is 0.305 e. The monoisotopic (exact) mass is 446 g/mol. The quantitative estimate of drug-likeness (QED) is 0.542. The lowest BCUT2D eigenvalue weighted by molar-refractivity contribution is 0.102. The van der Waals surface area contributed by atoms with Gasteiger partial charge in [-0.2, -0.15) is 5.10 Å². The number of unbranched alkanes of at least 4 members (excludes halogenated alkanes) is 1. The van der Waals surface area contributed by atoms with Gasteiger partial charge in [0.25, 0.3) is 5.91 Å². The predicted octanol–water partition coefficient (Wildman–Crippen LogP) is 5.52. The summed E-state index contributed by atoms with van der Waals surface area (Å²) in [6.45, 7) is 6.00. The number of amides is 1. The molecule has 0 aliphatic rings. The van der Waals surface area contributed by atoms with Crippen molar-refractivity contribution in [1.29, 1.82) is 0 Å². The summed E-state index contributed by atoms with van der Waals surface area (Å²) in [6, 6.07) is 8.01. The molecule has 142 valence electrons. The summed E-state index contributed by atoms with van der Waals surface area (Å²) < 4.78 is 2.73. The zero-order valence-corrected chi connectivity index (χ0v) is 18.4. The van der Waals surface area contributed by atoms with Crippen LogP contribution in [0.3, 0.4) is 0 Å². The normalized spacial score (nSPS) is 11.0. The molecule has 1 N–H and O–H groups in total. The highest BCUT2D eigenvalue weighted by Crippen LogP contribution is 2.32. The average Bonchev–Trinajstić information content (AvgIpc) is 3.13. The minimum atomic E-state index is -0.130. The van der Waals surface area contributed by atoms with E-state index in [1.54, 1.807) is 4.68 Å². The topological polar surface area (TPSA) is 59.8 Å². The number of aromatic nitrogens is 3. The Balaban J connectivity index is 1.91. The van der Waals surface area contributed by atoms with E-state index in [0.717, 1.165) is 51.3 Å². The third kappa shape index (κ3) is 4.30. The van der Waals surface area contributed by atoms with Crippen LogP contribution in [0.5, 0.6) is 0 Å². The molecule has 0 spiro atoms. The van der Waals surface area contributed by atoms with Crippen LogP contribution < -0.4 is 5.32 Å². The van der Waals surface area contributed by atoms with Gasteiger partial charge in [0.1, 0.15) is 10.7 Å². The van der Waals surface area contributed by atoms with Crippen LogP contribution in [-0.4, -0.2) is 20.7 Å². The lowest BCUT2D eigenvalue weighted by atomic mass is 10.1. The summed E-state index contributed by atoms with van der Waals surface area (Å²) in [7, 11) is 1.84. The summed E-state index contributed by atoms with van der Waals surface area (Å²) >= 11 is 4.95. The Kier molecular flexibility index (Phi) is 6.11. The van der Waals surface area contributed by atoms with Gasteiger partial charge in [0.15, 0.2) is 0 Å². The van der Waals surface area contributed by atoms with E-state index in [-0.39, 0.29) is 5.91 Å². The number of nitrogens with zero attached hydrogens (tertiary/aromatic N) is 3. The van der Waals surface area contributed by atoms with Gasteiger partial charge in [-0.25, -0.2) is 4.98 Å². The Hall–Kier alpha value is -1.99. The van der Waals surface area contributed by atoms with E-state index < -0.39 is 0 Å². The fraction of sp³-hybridized carbons (Fsp3) is 0.350. The van der Waals surface area contributed by atoms with Gasteiger partial charge in [-0.15, -0.1) is 11.3 Å². The Morgan fingerprint density at radius 1 is 1.22 bits per heavy atom. The number of aryl methyl sites for hydroxylation is 4. The van der Waals surface area contributed by atoms with Crippen LogP contribution in [-0.2, 0) is 13.5 Å². The molecule has 2 heterocycles. The molecular weight excluding hydrogens is 424 g/mol. The molecule has 3 rings (SSSR count). The van der Waals surface area contributed by atoms with Gasteiger partial charge in [-0.1, -0.05) is 41.4 Å². The van der Waals surface area contributed by atoms with E-state index in [0.29, 0.717) is 10.7 Å². The Bertz CT molecular complexity index is 959. The molecule has 2 aromatic heterocycles. The van der Waals surface area contributed by atoms with Crippen molar-refractivity contribution in [1.82, 2.24) is 14.8 Å². The fourth-order valence-electron chi connectivity index (χ4n) is 3.03. The van der Waals surface area contributed by atoms with Gasteiger partial charge >= 0.3 is 0 Å². The van der Waals surface area contributed by atoms with Gasteiger partial charge in [-0.05, 0) is 44.4 Å². The predicted molar refractivity (Wildman–Crippen MR) is 114 cm³/mol. The summed E-state index contributed by atoms with van der Waals surface area (Å²) in [5, 5.41) is 8.58. The molecule has 1 aromatic carbocycles. The van der Waals surface area contributed by atoms with Crippen LogP contribution in [0.25, 0.3) is 11.1 Å². The first-order valence-corrected chi connectivity index (χ1v) is 10.6. The number of halogens is 1. The first kappa shape index (κ1) is 19.8. The van der Waals surface area contributed by atoms with Crippen LogP contribution in [0.2, 0.25) is 0 Å². The summed E-state index contributed by atoms with van der Waals surface area (Å²) in [6.07, 6.45) is 3.12. The maximum Gasteiger partial charge on any atom is 0.268 e. The standard InChI is InChI=1S/C20H23BrN4OS/c1-5-6-7-16-22-13(3)18(27-16)20(26)23-19-17(12(2)24-25(19)4)14-8-10-15(21)11-9-14/h8-11H,5-7H2,1-4H3,(H,23,26). The maximum atomic E-state index is 12.9. The van der Waals surface area contributed by atoms with Gasteiger partial charge in [0.2, 0.25) is 0 Å². The Labute approximate surface area is 172 Å². The van der Waals surface area contributed by atoms with Crippen molar-refractivity contribution in [2.24, 2.45) is 7.05 Å². The average molecular weight is 447 g/mol. The minimum absolute atomic E-state index is 0.130. The highest BCUT2D eigenvalue weighted by atomic mass is 79.9. The fourth-order valence-corrected chi connectivity index (χ4v) is 4.29. The van der Waals surface area contributed by atoms with E-state index >= 15 is 0 Å². The second-order valence-electron chi connectivity index (χ2n) is 6.52. The number of nitrogens with one attached hydrogen (secondary N) is 1. The maximum absolute atomic E-state index is 12.9. The first-order valence-electron chi connectivity index (χ1n) is 8.98. The molecule has 0 atom stereocenters. The van der Waals surface area contributed by atoms with E-state index in [2.05, 4.69) is 38.3 Å². The second kappa shape index (κ2) is 8.35. The minimum Gasteiger partial charge on any atom is -0.305 e. The first-order chi connectivity index (χ1) is 12.9. The highest BCUT2D eigenvalue weighted by Gasteiger charge is 2.21. The van der Waals surface area contributed by atoms with Crippen molar-refractivity contribution in [2.45, 2.75) is 40.0 Å². The molecule has 0 aliphatic heterocycles. The molecule has 1 amide bonds. The van der Waals surface area contributed by atoms with Gasteiger partial charge < -0.3 is 5.32 Å². The Morgan fingerprint density at radius 2 is 1.93 bits per heavy atom. The van der Waals surface area contributed by atoms with Crippen LogP contribution in [0, 0.1) is 13.8 Å². The molecule has 0 radical (unpaired) electrons. The lowest BCUT2D eigenvalue weighted by Gasteiger charge is -2.09. The third-order valence-electron chi connectivity index (χ3n) is 4.38. The molecule has 0 fully saturated rings. The number of carbonyl (C=O) groups excluding carboxylic acids is 1. The number of hydrogen-bond acceptors (Lipinski definition) is 4. The van der Waals surface area contributed by atoms with E-state index in [1.807, 2.05) is 45.2 Å². The van der Waals surface area contributed by atoms with Crippen LogP contribution in [0.15, 0.2) is 28.7 Å². The van der Waals surface area contributed by atoms with Gasteiger partial charge in [-0.3, -0.25) is 9.48 Å². The number of hydrogen-bond donors (Lipinski definition) is 1. The molecule has 27 heavy (non-hydrogen) atoms. The van der Waals surface area contributed by atoms with E-state index in [1.165, 1.54) is 11.3 Å². The van der Waals surface area contributed by atoms with Crippen molar-refractivity contribution in [2.75, 3.05) is 5.32 Å². The molecule has 0 unspecified atom stereocenters. The number of anilines is 1. The van der Waals surface area contributed by atoms with Crippen LogP contribution in [0.1, 0.15) is 45.8 Å². The molecule has 7 heteroatoms. The lowest BCUT2D eigenvalue weighted by Crippen LogP contribution is -2.15. The molecule has 0 bridgehead atoms. The van der Waals surface area contributed by atoms with Gasteiger partial charge in [0.05, 0.1) is 16.4 Å². The van der Waals surface area contributed by atoms with Crippen molar-refractivity contribution < 1.29 is 4.79 Å². The van der Waals surface area contributed by atoms with Crippen molar-refractivity contribution >= 4 is 39.0 Å². The van der Waals surface area contributed by atoms with Crippen LogP contribution in [0.4, 0.5) is 5.82 Å². The van der Waals surface area contributed by atoms with Gasteiger partial charge in [0, 0.05) is 17.1 Å². The summed E-state index contributed by atoms with van der Waals surface area (Å²) in [4.78, 5) is 18.2. The summed E-state index contributed by atoms with van der Waals surface area (Å²) in [5.41, 5.74) is 3.61. The van der Waals surface area contributed by atoms with Crippen molar-refractivity contribution in [3.8, 4) is 11.1 Å². The summed E-state index contributed by atoms with van der Waals surface area (Å²) in [5.74, 6) is 0.567. The molecule has 0 aliphatic carbocycles. The van der Waals surface area contributed by atoms with E-state index in [4.69, 9.17) is 0 Å². The smallest absolute Gasteiger partial charge is 0.268 e. The highest BCUT2D eigenvalue weighted by molar-refractivity contribution is 9.10. The third-order valence-corrected chi connectivity index (χ3v) is 6.12. The molecule has 5 nitrogen and oxygen atoms in total. The molecule has 0 saturated carbocycles. The van der Waals surface area contributed by atoms with Crippen molar-refractivity contribution in [3.05, 3.63) is 50.0 Å². The second-order valence-corrected chi connectivity index (χ2v) is 8.52. The Morgan fingerprint density at radius 3 is 2.59 bits per heavy atom. The van der Waals surface area contributed by atoms with Crippen LogP contribution >= 0.6 is 27.3 Å². The number of rotatable bonds is 6.